The lowest BCUT2D eigenvalue weighted by molar-refractivity contribution is 0.0456. The second-order valence-electron chi connectivity index (χ2n) is 5.11. The van der Waals surface area contributed by atoms with Gasteiger partial charge in [0, 0.05) is 18.7 Å². The number of nitrogens with one attached hydrogen (secondary N) is 2. The molecule has 5 nitrogen and oxygen atoms in total. The zero-order valence-electron chi connectivity index (χ0n) is 13.2. The van der Waals surface area contributed by atoms with Gasteiger partial charge in [-0.25, -0.2) is 9.97 Å². The van der Waals surface area contributed by atoms with Crippen LogP contribution in [-0.4, -0.2) is 33.8 Å². The molecule has 0 aliphatic heterocycles. The van der Waals surface area contributed by atoms with Gasteiger partial charge in [0.1, 0.15) is 18.0 Å². The van der Waals surface area contributed by atoms with E-state index >= 15 is 0 Å². The second-order valence-corrected chi connectivity index (χ2v) is 5.11. The average Bonchev–Trinajstić information content (AvgIpc) is 2.47. The van der Waals surface area contributed by atoms with Crippen molar-refractivity contribution in [2.24, 2.45) is 0 Å². The van der Waals surface area contributed by atoms with Crippen molar-refractivity contribution in [1.29, 1.82) is 0 Å². The molecular weight excluding hydrogens is 252 g/mol. The average molecular weight is 280 g/mol. The number of anilines is 2. The van der Waals surface area contributed by atoms with Gasteiger partial charge in [0.2, 0.25) is 0 Å². The maximum absolute atomic E-state index is 10.4. The minimum atomic E-state index is -0.674. The van der Waals surface area contributed by atoms with Gasteiger partial charge in [-0.1, -0.05) is 27.2 Å². The highest BCUT2D eigenvalue weighted by Gasteiger charge is 2.22. The third-order valence-electron chi connectivity index (χ3n) is 3.69. The lowest BCUT2D eigenvalue weighted by atomic mass is 9.97. The molecule has 0 radical (unpaired) electrons. The molecule has 0 spiro atoms. The van der Waals surface area contributed by atoms with E-state index in [1.807, 2.05) is 13.8 Å². The number of aromatic nitrogens is 2. The largest absolute Gasteiger partial charge is 0.388 e. The van der Waals surface area contributed by atoms with Gasteiger partial charge in [0.25, 0.3) is 0 Å². The number of nitrogens with zero attached hydrogens (tertiary/aromatic N) is 2. The Labute approximate surface area is 122 Å². The van der Waals surface area contributed by atoms with Crippen molar-refractivity contribution in [3.05, 3.63) is 11.9 Å². The molecule has 0 bridgehead atoms. The topological polar surface area (TPSA) is 70.1 Å². The normalized spacial score (nSPS) is 11.4. The summed E-state index contributed by atoms with van der Waals surface area (Å²) in [7, 11) is 0. The van der Waals surface area contributed by atoms with E-state index in [2.05, 4.69) is 34.4 Å². The van der Waals surface area contributed by atoms with Crippen molar-refractivity contribution in [2.75, 3.05) is 23.7 Å². The molecule has 0 unspecified atom stereocenters. The van der Waals surface area contributed by atoms with Gasteiger partial charge in [0.05, 0.1) is 5.60 Å². The Morgan fingerprint density at radius 2 is 1.65 bits per heavy atom. The summed E-state index contributed by atoms with van der Waals surface area (Å²) in [6, 6.07) is 0. The monoisotopic (exact) mass is 280 g/mol. The molecule has 0 aliphatic carbocycles. The second kappa shape index (κ2) is 8.04. The Morgan fingerprint density at radius 3 is 2.15 bits per heavy atom. The van der Waals surface area contributed by atoms with Gasteiger partial charge < -0.3 is 15.7 Å². The molecule has 1 aromatic heterocycles. The molecule has 0 amide bonds. The van der Waals surface area contributed by atoms with Gasteiger partial charge >= 0.3 is 0 Å². The first-order chi connectivity index (χ1) is 9.60. The van der Waals surface area contributed by atoms with Gasteiger partial charge in [-0.3, -0.25) is 0 Å². The minimum absolute atomic E-state index is 0.513. The van der Waals surface area contributed by atoms with E-state index < -0.39 is 5.60 Å². The molecule has 0 saturated heterocycles. The molecule has 5 heteroatoms. The summed E-state index contributed by atoms with van der Waals surface area (Å²) >= 11 is 0. The lowest BCUT2D eigenvalue weighted by Gasteiger charge is -2.26. The molecule has 1 rings (SSSR count). The van der Waals surface area contributed by atoms with Crippen molar-refractivity contribution in [3.63, 3.8) is 0 Å². The van der Waals surface area contributed by atoms with E-state index in [0.29, 0.717) is 6.54 Å². The van der Waals surface area contributed by atoms with Crippen molar-refractivity contribution >= 4 is 11.6 Å². The Morgan fingerprint density at radius 1 is 1.05 bits per heavy atom. The third-order valence-corrected chi connectivity index (χ3v) is 3.69. The molecule has 3 N–H and O–H groups in total. The molecule has 1 aromatic rings. The molecule has 0 atom stereocenters. The Balaban J connectivity index is 2.90. The number of rotatable bonds is 9. The van der Waals surface area contributed by atoms with Crippen LogP contribution in [-0.2, 0) is 6.42 Å². The van der Waals surface area contributed by atoms with Crippen LogP contribution in [0.15, 0.2) is 6.33 Å². The maximum atomic E-state index is 10.4. The third kappa shape index (κ3) is 4.34. The highest BCUT2D eigenvalue weighted by Crippen LogP contribution is 2.23. The molecule has 0 saturated carbocycles. The Hall–Kier alpha value is -1.36. The Kier molecular flexibility index (Phi) is 6.71. The molecule has 0 fully saturated rings. The van der Waals surface area contributed by atoms with Crippen LogP contribution in [0.5, 0.6) is 0 Å². The summed E-state index contributed by atoms with van der Waals surface area (Å²) < 4.78 is 0. The summed E-state index contributed by atoms with van der Waals surface area (Å²) in [5.41, 5.74) is 0.429. The van der Waals surface area contributed by atoms with Crippen LogP contribution in [0.2, 0.25) is 0 Å². The fraction of sp³-hybridized carbons (Fsp3) is 0.733. The fourth-order valence-corrected chi connectivity index (χ4v) is 2.12. The summed E-state index contributed by atoms with van der Waals surface area (Å²) in [6.45, 7) is 9.55. The van der Waals surface area contributed by atoms with Crippen molar-refractivity contribution in [1.82, 2.24) is 9.97 Å². The predicted molar refractivity (Wildman–Crippen MR) is 84.2 cm³/mol. The first kappa shape index (κ1) is 16.7. The van der Waals surface area contributed by atoms with Crippen LogP contribution >= 0.6 is 0 Å². The van der Waals surface area contributed by atoms with Crippen LogP contribution in [0.25, 0.3) is 0 Å². The highest BCUT2D eigenvalue weighted by molar-refractivity contribution is 5.57. The molecule has 1 heterocycles. The maximum Gasteiger partial charge on any atom is 0.134 e. The summed E-state index contributed by atoms with van der Waals surface area (Å²) in [6.07, 6.45) is 4.97. The Bertz CT molecular complexity index is 405. The van der Waals surface area contributed by atoms with Gasteiger partial charge in [0.15, 0.2) is 0 Å². The van der Waals surface area contributed by atoms with Gasteiger partial charge in [-0.05, 0) is 26.2 Å². The lowest BCUT2D eigenvalue weighted by Crippen LogP contribution is -2.35. The summed E-state index contributed by atoms with van der Waals surface area (Å²) in [4.78, 5) is 8.65. The van der Waals surface area contributed by atoms with Crippen LogP contribution in [0.4, 0.5) is 11.6 Å². The number of aliphatic hydroxyl groups is 1. The van der Waals surface area contributed by atoms with Crippen LogP contribution < -0.4 is 10.6 Å². The van der Waals surface area contributed by atoms with Crippen molar-refractivity contribution in [2.45, 2.75) is 59.0 Å². The smallest absolute Gasteiger partial charge is 0.134 e. The van der Waals surface area contributed by atoms with E-state index in [9.17, 15) is 5.11 Å². The number of hydrogen-bond acceptors (Lipinski definition) is 5. The van der Waals surface area contributed by atoms with Crippen molar-refractivity contribution in [3.8, 4) is 0 Å². The standard InChI is InChI=1S/C15H28N4O/c1-5-9-12-13(16-8-4)18-11-19-14(12)17-10-15(20,6-2)7-3/h11,20H,5-10H2,1-4H3,(H2,16,17,18,19). The van der Waals surface area contributed by atoms with Gasteiger partial charge in [-0.15, -0.1) is 0 Å². The SMILES string of the molecule is CCCc1c(NCC)ncnc1NCC(O)(CC)CC. The molecule has 20 heavy (non-hydrogen) atoms. The molecule has 114 valence electrons. The summed E-state index contributed by atoms with van der Waals surface area (Å²) in [5.74, 6) is 1.72. The minimum Gasteiger partial charge on any atom is -0.388 e. The molecular formula is C15H28N4O. The van der Waals surface area contributed by atoms with Crippen LogP contribution in [0.1, 0.15) is 52.5 Å². The number of hydrogen-bond donors (Lipinski definition) is 3. The van der Waals surface area contributed by atoms with E-state index in [1.165, 1.54) is 0 Å². The van der Waals surface area contributed by atoms with Crippen LogP contribution in [0, 0.1) is 0 Å². The zero-order valence-corrected chi connectivity index (χ0v) is 13.2. The van der Waals surface area contributed by atoms with E-state index in [0.717, 1.165) is 49.4 Å². The first-order valence-corrected chi connectivity index (χ1v) is 7.64. The van der Waals surface area contributed by atoms with Gasteiger partial charge in [-0.2, -0.15) is 0 Å². The quantitative estimate of drug-likeness (QED) is 0.649. The predicted octanol–water partition coefficient (Wildman–Crippen LogP) is 2.82. The van der Waals surface area contributed by atoms with Crippen LogP contribution in [0.3, 0.4) is 0 Å². The molecule has 0 aromatic carbocycles. The molecule has 0 aliphatic rings. The zero-order chi connectivity index (χ0) is 15.0. The highest BCUT2D eigenvalue weighted by atomic mass is 16.3. The van der Waals surface area contributed by atoms with E-state index in [1.54, 1.807) is 6.33 Å². The van der Waals surface area contributed by atoms with Crippen molar-refractivity contribution < 1.29 is 5.11 Å². The first-order valence-electron chi connectivity index (χ1n) is 7.64. The van der Waals surface area contributed by atoms with E-state index in [-0.39, 0.29) is 0 Å². The van der Waals surface area contributed by atoms with E-state index in [4.69, 9.17) is 0 Å². The fourth-order valence-electron chi connectivity index (χ4n) is 2.12. The summed E-state index contributed by atoms with van der Waals surface area (Å²) in [5, 5.41) is 16.9.